The van der Waals surface area contributed by atoms with Crippen molar-refractivity contribution in [1.29, 1.82) is 0 Å². The highest BCUT2D eigenvalue weighted by molar-refractivity contribution is 7.92. The highest BCUT2D eigenvalue weighted by atomic mass is 32.2. The molecule has 0 amide bonds. The van der Waals surface area contributed by atoms with Crippen molar-refractivity contribution in [2.45, 2.75) is 25.7 Å². The van der Waals surface area contributed by atoms with E-state index in [1.165, 1.54) is 13.1 Å². The third-order valence-corrected chi connectivity index (χ3v) is 5.72. The zero-order valence-electron chi connectivity index (χ0n) is 15.9. The molecule has 6 nitrogen and oxygen atoms in total. The molecule has 3 rings (SSSR count). The van der Waals surface area contributed by atoms with E-state index in [0.29, 0.717) is 11.3 Å². The van der Waals surface area contributed by atoms with E-state index in [1.54, 1.807) is 54.6 Å². The Bertz CT molecular complexity index is 1110. The Labute approximate surface area is 164 Å². The number of rotatable bonds is 6. The van der Waals surface area contributed by atoms with Gasteiger partial charge in [-0.2, -0.15) is 0 Å². The van der Waals surface area contributed by atoms with Crippen LogP contribution in [0.5, 0.6) is 0 Å². The van der Waals surface area contributed by atoms with Crippen molar-refractivity contribution < 1.29 is 13.2 Å². The van der Waals surface area contributed by atoms with Crippen LogP contribution < -0.4 is 10.0 Å². The molecule has 0 radical (unpaired) electrons. The SMILES string of the molecule is CC(=O)c1ccc(Nc2ccc(NS(=O)(=O)c3ccc(C)c(C)c3)nc2)cc1. The second-order valence-electron chi connectivity index (χ2n) is 6.54. The molecule has 1 heterocycles. The van der Waals surface area contributed by atoms with Gasteiger partial charge in [-0.25, -0.2) is 13.4 Å². The number of sulfonamides is 1. The van der Waals surface area contributed by atoms with Gasteiger partial charge in [0.25, 0.3) is 10.0 Å². The lowest BCUT2D eigenvalue weighted by Crippen LogP contribution is -2.14. The smallest absolute Gasteiger partial charge is 0.263 e. The summed E-state index contributed by atoms with van der Waals surface area (Å²) in [6.45, 7) is 5.32. The second kappa shape index (κ2) is 7.82. The lowest BCUT2D eigenvalue weighted by Gasteiger charge is -2.10. The first kappa shape index (κ1) is 19.6. The molecule has 0 unspecified atom stereocenters. The van der Waals surface area contributed by atoms with Crippen LogP contribution in [0.3, 0.4) is 0 Å². The van der Waals surface area contributed by atoms with Gasteiger partial charge < -0.3 is 5.32 Å². The van der Waals surface area contributed by atoms with E-state index in [9.17, 15) is 13.2 Å². The van der Waals surface area contributed by atoms with Gasteiger partial charge in [-0.3, -0.25) is 9.52 Å². The number of nitrogens with one attached hydrogen (secondary N) is 2. The molecule has 144 valence electrons. The van der Waals surface area contributed by atoms with Crippen LogP contribution in [0.2, 0.25) is 0 Å². The highest BCUT2D eigenvalue weighted by Crippen LogP contribution is 2.21. The summed E-state index contributed by atoms with van der Waals surface area (Å²) in [7, 11) is -3.70. The maximum atomic E-state index is 12.5. The van der Waals surface area contributed by atoms with Gasteiger partial charge in [-0.05, 0) is 80.4 Å². The number of aromatic nitrogens is 1. The first-order chi connectivity index (χ1) is 13.2. The average molecular weight is 395 g/mol. The molecule has 2 N–H and O–H groups in total. The molecule has 0 aliphatic heterocycles. The number of ketones is 1. The number of aryl methyl sites for hydroxylation is 2. The van der Waals surface area contributed by atoms with E-state index < -0.39 is 10.0 Å². The number of carbonyl (C=O) groups excluding carboxylic acids is 1. The third kappa shape index (κ3) is 4.55. The summed E-state index contributed by atoms with van der Waals surface area (Å²) in [5, 5.41) is 3.15. The number of carbonyl (C=O) groups is 1. The molecule has 0 atom stereocenters. The molecule has 0 fully saturated rings. The molecule has 3 aromatic rings. The van der Waals surface area contributed by atoms with Gasteiger partial charge in [0.05, 0.1) is 16.8 Å². The molecule has 7 heteroatoms. The molecule has 1 aromatic heterocycles. The molecular weight excluding hydrogens is 374 g/mol. The zero-order chi connectivity index (χ0) is 20.3. The fraction of sp³-hybridized carbons (Fsp3) is 0.143. The number of Topliss-reactive ketones (excluding diaryl/α,β-unsaturated/α-hetero) is 1. The summed E-state index contributed by atoms with van der Waals surface area (Å²) in [6, 6.07) is 15.4. The van der Waals surface area contributed by atoms with E-state index in [2.05, 4.69) is 15.0 Å². The van der Waals surface area contributed by atoms with Crippen molar-refractivity contribution in [3.05, 3.63) is 77.5 Å². The van der Waals surface area contributed by atoms with Gasteiger partial charge in [0.2, 0.25) is 0 Å². The second-order valence-corrected chi connectivity index (χ2v) is 8.22. The zero-order valence-corrected chi connectivity index (χ0v) is 16.7. The molecular formula is C21H21N3O3S. The monoisotopic (exact) mass is 395 g/mol. The summed E-state index contributed by atoms with van der Waals surface area (Å²) in [6.07, 6.45) is 1.54. The van der Waals surface area contributed by atoms with Crippen molar-refractivity contribution in [3.8, 4) is 0 Å². The Morgan fingerprint density at radius 2 is 1.57 bits per heavy atom. The largest absolute Gasteiger partial charge is 0.354 e. The first-order valence-electron chi connectivity index (χ1n) is 8.69. The summed E-state index contributed by atoms with van der Waals surface area (Å²) < 4.78 is 27.6. The lowest BCUT2D eigenvalue weighted by atomic mass is 10.1. The van der Waals surface area contributed by atoms with Crippen LogP contribution in [-0.2, 0) is 10.0 Å². The van der Waals surface area contributed by atoms with Gasteiger partial charge in [0.1, 0.15) is 5.82 Å². The van der Waals surface area contributed by atoms with Crippen LogP contribution in [0.1, 0.15) is 28.4 Å². The van der Waals surface area contributed by atoms with Crippen molar-refractivity contribution >= 4 is 33.0 Å². The standard InChI is InChI=1S/C21H21N3O3S/c1-14-4-10-20(12-15(14)2)28(26,27)24-21-11-9-19(13-22-21)23-18-7-5-17(6-8-18)16(3)25/h4-13,23H,1-3H3,(H,22,24). The van der Waals surface area contributed by atoms with Crippen molar-refractivity contribution in [2.24, 2.45) is 0 Å². The molecule has 2 aromatic carbocycles. The van der Waals surface area contributed by atoms with Gasteiger partial charge >= 0.3 is 0 Å². The van der Waals surface area contributed by atoms with Crippen LogP contribution >= 0.6 is 0 Å². The van der Waals surface area contributed by atoms with Gasteiger partial charge in [-0.1, -0.05) is 6.07 Å². The molecule has 0 saturated heterocycles. The van der Waals surface area contributed by atoms with Crippen LogP contribution in [-0.4, -0.2) is 19.2 Å². The highest BCUT2D eigenvalue weighted by Gasteiger charge is 2.15. The maximum absolute atomic E-state index is 12.5. The van der Waals surface area contributed by atoms with Crippen LogP contribution in [0.4, 0.5) is 17.2 Å². The van der Waals surface area contributed by atoms with Gasteiger partial charge in [0.15, 0.2) is 5.78 Å². The lowest BCUT2D eigenvalue weighted by molar-refractivity contribution is 0.101. The number of pyridine rings is 1. The Morgan fingerprint density at radius 3 is 2.14 bits per heavy atom. The summed E-state index contributed by atoms with van der Waals surface area (Å²) in [4.78, 5) is 15.7. The van der Waals surface area contributed by atoms with Crippen LogP contribution in [0.15, 0.2) is 65.7 Å². The van der Waals surface area contributed by atoms with Gasteiger partial charge in [0, 0.05) is 11.3 Å². The number of benzene rings is 2. The minimum absolute atomic E-state index is 0.00798. The summed E-state index contributed by atoms with van der Waals surface area (Å²) in [5.41, 5.74) is 4.08. The minimum atomic E-state index is -3.70. The summed E-state index contributed by atoms with van der Waals surface area (Å²) in [5.74, 6) is 0.240. The third-order valence-electron chi connectivity index (χ3n) is 4.37. The first-order valence-corrected chi connectivity index (χ1v) is 10.2. The fourth-order valence-corrected chi connectivity index (χ4v) is 3.65. The quantitative estimate of drug-likeness (QED) is 0.602. The number of hydrogen-bond donors (Lipinski definition) is 2. The van der Waals surface area contributed by atoms with E-state index in [-0.39, 0.29) is 16.5 Å². The van der Waals surface area contributed by atoms with E-state index in [1.807, 2.05) is 13.8 Å². The van der Waals surface area contributed by atoms with Crippen molar-refractivity contribution in [3.63, 3.8) is 0 Å². The summed E-state index contributed by atoms with van der Waals surface area (Å²) >= 11 is 0. The number of hydrogen-bond acceptors (Lipinski definition) is 5. The topological polar surface area (TPSA) is 88.2 Å². The van der Waals surface area contributed by atoms with Crippen molar-refractivity contribution in [2.75, 3.05) is 10.0 Å². The molecule has 0 bridgehead atoms. The molecule has 0 spiro atoms. The van der Waals surface area contributed by atoms with E-state index in [4.69, 9.17) is 0 Å². The Morgan fingerprint density at radius 1 is 0.893 bits per heavy atom. The molecule has 0 saturated carbocycles. The van der Waals surface area contributed by atoms with Crippen molar-refractivity contribution in [1.82, 2.24) is 4.98 Å². The Balaban J connectivity index is 1.71. The number of nitrogens with zero attached hydrogens (tertiary/aromatic N) is 1. The van der Waals surface area contributed by atoms with Crippen LogP contribution in [0, 0.1) is 13.8 Å². The van der Waals surface area contributed by atoms with Crippen LogP contribution in [0.25, 0.3) is 0 Å². The van der Waals surface area contributed by atoms with Gasteiger partial charge in [-0.15, -0.1) is 0 Å². The van der Waals surface area contributed by atoms with E-state index in [0.717, 1.165) is 16.8 Å². The molecule has 0 aliphatic carbocycles. The minimum Gasteiger partial charge on any atom is -0.354 e. The normalized spacial score (nSPS) is 11.1. The predicted molar refractivity (Wildman–Crippen MR) is 111 cm³/mol. The molecule has 0 aliphatic rings. The predicted octanol–water partition coefficient (Wildman–Crippen LogP) is 4.45. The van der Waals surface area contributed by atoms with E-state index >= 15 is 0 Å². The average Bonchev–Trinajstić information content (AvgIpc) is 2.65. The fourth-order valence-electron chi connectivity index (χ4n) is 2.56. The number of anilines is 3. The molecule has 28 heavy (non-hydrogen) atoms. The Kier molecular flexibility index (Phi) is 5.46. The maximum Gasteiger partial charge on any atom is 0.263 e. The Hall–Kier alpha value is -3.19.